The molecule has 2 fully saturated rings. The van der Waals surface area contributed by atoms with Crippen LogP contribution in [0.25, 0.3) is 6.08 Å². The zero-order valence-electron chi connectivity index (χ0n) is 13.3. The SMILES string of the molecule is COC(=Cc1ccccc1)C12C(=O)C(C)CCC1C2(C)C. The molecule has 2 aliphatic carbocycles. The first-order valence-corrected chi connectivity index (χ1v) is 7.81. The van der Waals surface area contributed by atoms with Gasteiger partial charge in [0.2, 0.25) is 0 Å². The van der Waals surface area contributed by atoms with Crippen LogP contribution in [0.3, 0.4) is 0 Å². The molecule has 3 unspecified atom stereocenters. The number of methoxy groups -OCH3 is 1. The van der Waals surface area contributed by atoms with Gasteiger partial charge in [0.1, 0.15) is 11.5 Å². The van der Waals surface area contributed by atoms with E-state index in [1.54, 1.807) is 7.11 Å². The van der Waals surface area contributed by atoms with Crippen molar-refractivity contribution in [3.05, 3.63) is 41.7 Å². The molecule has 3 atom stereocenters. The van der Waals surface area contributed by atoms with Gasteiger partial charge in [0.05, 0.1) is 12.5 Å². The summed E-state index contributed by atoms with van der Waals surface area (Å²) in [5.74, 6) is 1.77. The molecule has 1 aromatic rings. The second kappa shape index (κ2) is 4.72. The Kier molecular flexibility index (Phi) is 3.23. The summed E-state index contributed by atoms with van der Waals surface area (Å²) in [6.45, 7) is 6.49. The van der Waals surface area contributed by atoms with Crippen molar-refractivity contribution >= 4 is 11.9 Å². The zero-order chi connectivity index (χ0) is 15.3. The van der Waals surface area contributed by atoms with Gasteiger partial charge in [0.15, 0.2) is 0 Å². The van der Waals surface area contributed by atoms with E-state index in [9.17, 15) is 4.79 Å². The predicted octanol–water partition coefficient (Wildman–Crippen LogP) is 4.32. The van der Waals surface area contributed by atoms with Gasteiger partial charge >= 0.3 is 0 Å². The number of carbonyl (C=O) groups excluding carboxylic acids is 1. The van der Waals surface area contributed by atoms with E-state index in [1.165, 1.54) is 0 Å². The van der Waals surface area contributed by atoms with Gasteiger partial charge in [-0.05, 0) is 35.8 Å². The third-order valence-corrected chi connectivity index (χ3v) is 5.76. The number of benzene rings is 1. The number of ketones is 1. The van der Waals surface area contributed by atoms with Crippen molar-refractivity contribution in [2.75, 3.05) is 7.11 Å². The molecule has 0 spiro atoms. The third-order valence-electron chi connectivity index (χ3n) is 5.76. The predicted molar refractivity (Wildman–Crippen MR) is 84.5 cm³/mol. The van der Waals surface area contributed by atoms with Crippen LogP contribution >= 0.6 is 0 Å². The molecule has 0 saturated heterocycles. The van der Waals surface area contributed by atoms with E-state index < -0.39 is 5.41 Å². The number of ether oxygens (including phenoxy) is 1. The monoisotopic (exact) mass is 284 g/mol. The van der Waals surface area contributed by atoms with Gasteiger partial charge in [0.25, 0.3) is 0 Å². The number of Topliss-reactive ketones (excluding diaryl/α,β-unsaturated/α-hetero) is 1. The van der Waals surface area contributed by atoms with Gasteiger partial charge in [-0.15, -0.1) is 0 Å². The Balaban J connectivity index is 2.07. The normalized spacial score (nSPS) is 34.3. The highest BCUT2D eigenvalue weighted by Gasteiger charge is 2.78. The van der Waals surface area contributed by atoms with Gasteiger partial charge in [0, 0.05) is 5.92 Å². The van der Waals surface area contributed by atoms with Gasteiger partial charge in [-0.3, -0.25) is 4.79 Å². The third kappa shape index (κ3) is 1.81. The molecule has 3 rings (SSSR count). The van der Waals surface area contributed by atoms with Crippen molar-refractivity contribution in [2.24, 2.45) is 22.7 Å². The lowest BCUT2D eigenvalue weighted by Gasteiger charge is -2.28. The Morgan fingerprint density at radius 3 is 2.52 bits per heavy atom. The summed E-state index contributed by atoms with van der Waals surface area (Å²) >= 11 is 0. The minimum Gasteiger partial charge on any atom is -0.500 e. The minimum absolute atomic E-state index is 0.00542. The molecule has 2 nitrogen and oxygen atoms in total. The van der Waals surface area contributed by atoms with Crippen molar-refractivity contribution in [1.29, 1.82) is 0 Å². The summed E-state index contributed by atoms with van der Waals surface area (Å²) in [7, 11) is 1.70. The maximum Gasteiger partial charge on any atom is 0.150 e. The van der Waals surface area contributed by atoms with E-state index >= 15 is 0 Å². The van der Waals surface area contributed by atoms with E-state index in [2.05, 4.69) is 39.0 Å². The summed E-state index contributed by atoms with van der Waals surface area (Å²) in [6, 6.07) is 10.1. The van der Waals surface area contributed by atoms with Gasteiger partial charge in [-0.2, -0.15) is 0 Å². The lowest BCUT2D eigenvalue weighted by atomic mass is 9.77. The Hall–Kier alpha value is -1.57. The van der Waals surface area contributed by atoms with E-state index in [4.69, 9.17) is 4.74 Å². The molecule has 2 heteroatoms. The number of carbonyl (C=O) groups is 1. The van der Waals surface area contributed by atoms with Crippen LogP contribution in [-0.2, 0) is 9.53 Å². The molecular formula is C19H24O2. The highest BCUT2D eigenvalue weighted by molar-refractivity contribution is 5.96. The molecule has 0 aromatic heterocycles. The average Bonchev–Trinajstić information content (AvgIpc) is 2.99. The second-order valence-electron chi connectivity index (χ2n) is 7.05. The van der Waals surface area contributed by atoms with E-state index in [0.717, 1.165) is 24.2 Å². The quantitative estimate of drug-likeness (QED) is 0.773. The first-order chi connectivity index (χ1) is 9.96. The fourth-order valence-electron chi connectivity index (χ4n) is 4.52. The Bertz CT molecular complexity index is 585. The Morgan fingerprint density at radius 2 is 1.90 bits per heavy atom. The molecule has 2 aliphatic rings. The van der Waals surface area contributed by atoms with Gasteiger partial charge in [-0.25, -0.2) is 0 Å². The minimum atomic E-state index is -0.407. The van der Waals surface area contributed by atoms with Crippen molar-refractivity contribution in [3.8, 4) is 0 Å². The van der Waals surface area contributed by atoms with Crippen LogP contribution in [0.4, 0.5) is 0 Å². The molecule has 0 bridgehead atoms. The number of allylic oxidation sites excluding steroid dienone is 1. The average molecular weight is 284 g/mol. The molecule has 0 N–H and O–H groups in total. The first kappa shape index (κ1) is 14.4. The molecule has 0 aliphatic heterocycles. The van der Waals surface area contributed by atoms with Crippen LogP contribution < -0.4 is 0 Å². The molecule has 1 aromatic carbocycles. The summed E-state index contributed by atoms with van der Waals surface area (Å²) in [6.07, 6.45) is 4.18. The van der Waals surface area contributed by atoms with E-state index in [1.807, 2.05) is 18.2 Å². The second-order valence-corrected chi connectivity index (χ2v) is 7.05. The fourth-order valence-corrected chi connectivity index (χ4v) is 4.52. The maximum absolute atomic E-state index is 13.0. The maximum atomic E-state index is 13.0. The van der Waals surface area contributed by atoms with Crippen molar-refractivity contribution in [2.45, 2.75) is 33.6 Å². The van der Waals surface area contributed by atoms with E-state index in [0.29, 0.717) is 11.7 Å². The summed E-state index contributed by atoms with van der Waals surface area (Å²) in [5, 5.41) is 0. The Morgan fingerprint density at radius 1 is 1.24 bits per heavy atom. The summed E-state index contributed by atoms with van der Waals surface area (Å²) in [5.41, 5.74) is 0.692. The number of fused-ring (bicyclic) bond motifs is 1. The molecular weight excluding hydrogens is 260 g/mol. The topological polar surface area (TPSA) is 26.3 Å². The molecule has 112 valence electrons. The Labute approximate surface area is 127 Å². The van der Waals surface area contributed by atoms with Crippen molar-refractivity contribution < 1.29 is 9.53 Å². The molecule has 0 amide bonds. The lowest BCUT2D eigenvalue weighted by molar-refractivity contribution is -0.130. The standard InChI is InChI=1S/C19H24O2/c1-13-10-11-15-18(2,3)19(15,17(13)20)16(21-4)12-14-8-6-5-7-9-14/h5-9,12-13,15H,10-11H2,1-4H3. The van der Waals surface area contributed by atoms with Crippen LogP contribution in [0.5, 0.6) is 0 Å². The first-order valence-electron chi connectivity index (χ1n) is 7.81. The lowest BCUT2D eigenvalue weighted by Crippen LogP contribution is -2.33. The summed E-state index contributed by atoms with van der Waals surface area (Å²) < 4.78 is 5.73. The molecule has 0 radical (unpaired) electrons. The van der Waals surface area contributed by atoms with Crippen LogP contribution in [0.1, 0.15) is 39.2 Å². The van der Waals surface area contributed by atoms with Crippen LogP contribution in [-0.4, -0.2) is 12.9 Å². The molecule has 21 heavy (non-hydrogen) atoms. The summed E-state index contributed by atoms with van der Waals surface area (Å²) in [4.78, 5) is 13.0. The highest BCUT2D eigenvalue weighted by atomic mass is 16.5. The zero-order valence-corrected chi connectivity index (χ0v) is 13.3. The van der Waals surface area contributed by atoms with Gasteiger partial charge in [-0.1, -0.05) is 51.1 Å². The number of hydrogen-bond donors (Lipinski definition) is 0. The van der Waals surface area contributed by atoms with Crippen LogP contribution in [0.15, 0.2) is 36.1 Å². The van der Waals surface area contributed by atoms with Crippen molar-refractivity contribution in [1.82, 2.24) is 0 Å². The smallest absolute Gasteiger partial charge is 0.150 e. The largest absolute Gasteiger partial charge is 0.500 e. The van der Waals surface area contributed by atoms with Crippen LogP contribution in [0, 0.1) is 22.7 Å². The number of rotatable bonds is 3. The van der Waals surface area contributed by atoms with Crippen LogP contribution in [0.2, 0.25) is 0 Å². The van der Waals surface area contributed by atoms with E-state index in [-0.39, 0.29) is 11.3 Å². The highest BCUT2D eigenvalue weighted by Crippen LogP contribution is 2.77. The fraction of sp³-hybridized carbons (Fsp3) is 0.526. The molecule has 2 saturated carbocycles. The molecule has 0 heterocycles. The number of hydrogen-bond acceptors (Lipinski definition) is 2. The van der Waals surface area contributed by atoms with Crippen molar-refractivity contribution in [3.63, 3.8) is 0 Å². The van der Waals surface area contributed by atoms with Gasteiger partial charge < -0.3 is 4.74 Å².